The van der Waals surface area contributed by atoms with Crippen molar-refractivity contribution in [3.8, 4) is 0 Å². The average Bonchev–Trinajstić information content (AvgIpc) is 3.26. The van der Waals surface area contributed by atoms with E-state index in [1.54, 1.807) is 0 Å². The second-order valence-corrected chi connectivity index (χ2v) is 8.70. The number of aliphatic imine (C=N–C) groups is 1. The predicted octanol–water partition coefficient (Wildman–Crippen LogP) is 2.02. The van der Waals surface area contributed by atoms with E-state index in [1.807, 2.05) is 18.4 Å². The van der Waals surface area contributed by atoms with Gasteiger partial charge in [0, 0.05) is 56.9 Å². The second-order valence-electron chi connectivity index (χ2n) is 7.72. The van der Waals surface area contributed by atoms with E-state index in [2.05, 4.69) is 57.0 Å². The summed E-state index contributed by atoms with van der Waals surface area (Å²) >= 11 is 1.82. The van der Waals surface area contributed by atoms with Crippen molar-refractivity contribution in [1.82, 2.24) is 20.4 Å². The first kappa shape index (κ1) is 24.8. The molecule has 0 radical (unpaired) electrons. The van der Waals surface area contributed by atoms with Gasteiger partial charge in [0.05, 0.1) is 19.3 Å². The molecule has 7 nitrogen and oxygen atoms in total. The van der Waals surface area contributed by atoms with Crippen molar-refractivity contribution < 1.29 is 9.47 Å². The van der Waals surface area contributed by atoms with Crippen LogP contribution < -0.4 is 10.6 Å². The highest BCUT2D eigenvalue weighted by Gasteiger charge is 2.35. The number of thiophene rings is 1. The van der Waals surface area contributed by atoms with Gasteiger partial charge in [-0.15, -0.1) is 35.3 Å². The lowest BCUT2D eigenvalue weighted by molar-refractivity contribution is -0.00506. The van der Waals surface area contributed by atoms with Crippen molar-refractivity contribution in [2.24, 2.45) is 4.99 Å². The summed E-state index contributed by atoms with van der Waals surface area (Å²) < 4.78 is 11.1. The fourth-order valence-corrected chi connectivity index (χ4v) is 4.84. The Balaban J connectivity index is 0.00000300. The molecule has 1 unspecified atom stereocenters. The molecule has 0 bridgehead atoms. The van der Waals surface area contributed by atoms with E-state index >= 15 is 0 Å². The van der Waals surface area contributed by atoms with Crippen molar-refractivity contribution in [2.75, 3.05) is 73.7 Å². The van der Waals surface area contributed by atoms with Crippen molar-refractivity contribution >= 4 is 41.3 Å². The number of ether oxygens (including phenoxy) is 2. The zero-order valence-corrected chi connectivity index (χ0v) is 21.0. The number of hydrogen-bond donors (Lipinski definition) is 2. The van der Waals surface area contributed by atoms with Gasteiger partial charge in [-0.05, 0) is 38.4 Å². The summed E-state index contributed by atoms with van der Waals surface area (Å²) in [7, 11) is 6.17. The zero-order chi connectivity index (χ0) is 19.8. The molecule has 0 aliphatic carbocycles. The topological polar surface area (TPSA) is 61.4 Å². The van der Waals surface area contributed by atoms with Gasteiger partial charge in [-0.3, -0.25) is 9.89 Å². The number of nitrogens with zero attached hydrogens (tertiary/aromatic N) is 3. The minimum absolute atomic E-state index is 0. The Bertz CT molecular complexity index is 602. The maximum Gasteiger partial charge on any atom is 0.191 e. The van der Waals surface area contributed by atoms with Crippen LogP contribution in [0.2, 0.25) is 0 Å². The first-order valence-electron chi connectivity index (χ1n) is 10.2. The molecule has 0 amide bonds. The molecule has 2 aliphatic heterocycles. The Morgan fingerprint density at radius 2 is 1.90 bits per heavy atom. The van der Waals surface area contributed by atoms with Crippen molar-refractivity contribution in [1.29, 1.82) is 0 Å². The van der Waals surface area contributed by atoms with Crippen LogP contribution in [0, 0.1) is 0 Å². The smallest absolute Gasteiger partial charge is 0.191 e. The van der Waals surface area contributed by atoms with Crippen LogP contribution in [0.25, 0.3) is 0 Å². The number of guanidine groups is 1. The van der Waals surface area contributed by atoms with Gasteiger partial charge in [0.15, 0.2) is 5.96 Å². The summed E-state index contributed by atoms with van der Waals surface area (Å²) in [4.78, 5) is 10.7. The van der Waals surface area contributed by atoms with Gasteiger partial charge >= 0.3 is 0 Å². The predicted molar refractivity (Wildman–Crippen MR) is 131 cm³/mol. The molecule has 2 saturated heterocycles. The third-order valence-corrected chi connectivity index (χ3v) is 6.98. The van der Waals surface area contributed by atoms with E-state index in [-0.39, 0.29) is 29.5 Å². The molecule has 2 N–H and O–H groups in total. The quantitative estimate of drug-likeness (QED) is 0.316. The number of rotatable bonds is 7. The van der Waals surface area contributed by atoms with E-state index < -0.39 is 0 Å². The molecule has 166 valence electrons. The van der Waals surface area contributed by atoms with Gasteiger partial charge < -0.3 is 25.0 Å². The monoisotopic (exact) mass is 537 g/mol. The lowest BCUT2D eigenvalue weighted by atomic mass is 9.88. The Hall–Kier alpha value is -0.460. The van der Waals surface area contributed by atoms with Crippen molar-refractivity contribution in [3.05, 3.63) is 22.4 Å². The van der Waals surface area contributed by atoms with Crippen LogP contribution in [0.1, 0.15) is 23.8 Å². The molecule has 1 atom stereocenters. The van der Waals surface area contributed by atoms with Crippen molar-refractivity contribution in [2.45, 2.75) is 24.4 Å². The summed E-state index contributed by atoms with van der Waals surface area (Å²) in [6.07, 6.45) is 2.07. The normalized spacial score (nSPS) is 21.4. The van der Waals surface area contributed by atoms with E-state index in [1.165, 1.54) is 4.88 Å². The Kier molecular flexibility index (Phi) is 10.6. The lowest BCUT2D eigenvalue weighted by Gasteiger charge is -2.43. The molecular weight excluding hydrogens is 501 g/mol. The highest BCUT2D eigenvalue weighted by molar-refractivity contribution is 14.0. The van der Waals surface area contributed by atoms with Crippen LogP contribution in [-0.4, -0.2) is 95.0 Å². The Morgan fingerprint density at radius 1 is 1.21 bits per heavy atom. The van der Waals surface area contributed by atoms with Gasteiger partial charge in [-0.1, -0.05) is 6.07 Å². The molecule has 0 aromatic carbocycles. The fraction of sp³-hybridized carbons (Fsp3) is 0.750. The number of morpholine rings is 1. The van der Waals surface area contributed by atoms with Crippen LogP contribution in [0.4, 0.5) is 0 Å². The zero-order valence-electron chi connectivity index (χ0n) is 17.9. The van der Waals surface area contributed by atoms with E-state index in [9.17, 15) is 0 Å². The number of halogens is 1. The molecule has 2 fully saturated rings. The minimum atomic E-state index is 0. The molecule has 0 saturated carbocycles. The first-order valence-corrected chi connectivity index (χ1v) is 11.1. The molecule has 0 spiro atoms. The summed E-state index contributed by atoms with van der Waals surface area (Å²) in [6.45, 7) is 6.90. The standard InChI is InChI=1S/C20H35N5O2S.HI/c1-21-19(23-16-20(24(2)3)6-10-26-11-7-20)22-15-17(18-5-4-14-28-18)25-8-12-27-13-9-25;/h4-5,14,17H,6-13,15-16H2,1-3H3,(H2,21,22,23);1H. The number of likely N-dealkylation sites (N-methyl/N-ethyl adjacent to an activating group) is 1. The van der Waals surface area contributed by atoms with Gasteiger partial charge in [0.25, 0.3) is 0 Å². The minimum Gasteiger partial charge on any atom is -0.381 e. The van der Waals surface area contributed by atoms with Gasteiger partial charge in [0.2, 0.25) is 0 Å². The van der Waals surface area contributed by atoms with Gasteiger partial charge in [-0.25, -0.2) is 0 Å². The molecule has 1 aromatic heterocycles. The second kappa shape index (κ2) is 12.4. The van der Waals surface area contributed by atoms with Crippen molar-refractivity contribution in [3.63, 3.8) is 0 Å². The third kappa shape index (κ3) is 6.76. The van der Waals surface area contributed by atoms with Crippen LogP contribution in [0.5, 0.6) is 0 Å². The number of nitrogens with one attached hydrogen (secondary N) is 2. The summed E-state index contributed by atoms with van der Waals surface area (Å²) in [5.41, 5.74) is 0.118. The summed E-state index contributed by atoms with van der Waals surface area (Å²) in [5, 5.41) is 9.29. The van der Waals surface area contributed by atoms with Crippen LogP contribution >= 0.6 is 35.3 Å². The first-order chi connectivity index (χ1) is 13.6. The molecular formula is C20H36IN5O2S. The number of hydrogen-bond acceptors (Lipinski definition) is 6. The lowest BCUT2D eigenvalue weighted by Crippen LogP contribution is -2.57. The maximum atomic E-state index is 5.58. The highest BCUT2D eigenvalue weighted by atomic mass is 127. The van der Waals surface area contributed by atoms with Crippen LogP contribution in [0.3, 0.4) is 0 Å². The SMILES string of the molecule is CN=C(NCC(c1cccs1)N1CCOCC1)NCC1(N(C)C)CCOCC1.I. The van der Waals surface area contributed by atoms with Crippen LogP contribution in [-0.2, 0) is 9.47 Å². The molecule has 3 rings (SSSR count). The summed E-state index contributed by atoms with van der Waals surface area (Å²) in [6, 6.07) is 4.70. The Morgan fingerprint density at radius 3 is 2.48 bits per heavy atom. The Labute approximate surface area is 196 Å². The van der Waals surface area contributed by atoms with Crippen LogP contribution in [0.15, 0.2) is 22.5 Å². The molecule has 3 heterocycles. The van der Waals surface area contributed by atoms with Gasteiger partial charge in [-0.2, -0.15) is 0 Å². The third-order valence-electron chi connectivity index (χ3n) is 6.00. The van der Waals surface area contributed by atoms with E-state index in [0.29, 0.717) is 6.04 Å². The molecule has 2 aliphatic rings. The van der Waals surface area contributed by atoms with E-state index in [0.717, 1.165) is 71.4 Å². The molecule has 9 heteroatoms. The molecule has 29 heavy (non-hydrogen) atoms. The average molecular weight is 538 g/mol. The van der Waals surface area contributed by atoms with Gasteiger partial charge in [0.1, 0.15) is 0 Å². The maximum absolute atomic E-state index is 5.58. The van der Waals surface area contributed by atoms with E-state index in [4.69, 9.17) is 9.47 Å². The summed E-state index contributed by atoms with van der Waals surface area (Å²) in [5.74, 6) is 0.863. The highest BCUT2D eigenvalue weighted by Crippen LogP contribution is 2.26. The fourth-order valence-electron chi connectivity index (χ4n) is 3.98. The molecule has 1 aromatic rings. The largest absolute Gasteiger partial charge is 0.381 e.